The molecule has 5 rings (SSSR count). The predicted molar refractivity (Wildman–Crippen MR) is 219 cm³/mol. The molecule has 0 aromatic heterocycles. The van der Waals surface area contributed by atoms with Crippen LogP contribution < -0.4 is 21.3 Å². The van der Waals surface area contributed by atoms with Gasteiger partial charge in [-0.1, -0.05) is 48.5 Å². The number of hydrogen-bond donors (Lipinski definition) is 8. The maximum Gasteiger partial charge on any atom is 0.317 e. The number of hydrogen-bond acceptors (Lipinski definition) is 12. The van der Waals surface area contributed by atoms with E-state index in [0.29, 0.717) is 44.3 Å². The van der Waals surface area contributed by atoms with Gasteiger partial charge in [-0.15, -0.1) is 0 Å². The van der Waals surface area contributed by atoms with E-state index in [1.165, 1.54) is 19.6 Å². The Bertz CT molecular complexity index is 1990. The van der Waals surface area contributed by atoms with Crippen molar-refractivity contribution in [1.29, 1.82) is 0 Å². The summed E-state index contributed by atoms with van der Waals surface area (Å²) < 4.78 is 0. The van der Waals surface area contributed by atoms with Crippen molar-refractivity contribution in [1.82, 2.24) is 19.6 Å². The minimum absolute atomic E-state index is 0.105. The third-order valence-electron chi connectivity index (χ3n) is 9.31. The van der Waals surface area contributed by atoms with E-state index >= 15 is 0 Å². The smallest absolute Gasteiger partial charge is 0.317 e. The second-order valence-electron chi connectivity index (χ2n) is 14.0. The number of benzene rings is 4. The van der Waals surface area contributed by atoms with E-state index in [-0.39, 0.29) is 26.2 Å². The highest BCUT2D eigenvalue weighted by molar-refractivity contribution is 6.11. The minimum atomic E-state index is -1.24. The van der Waals surface area contributed by atoms with Gasteiger partial charge < -0.3 is 41.7 Å². The Balaban J connectivity index is 1.48. The van der Waals surface area contributed by atoms with Gasteiger partial charge in [-0.3, -0.25) is 58.0 Å². The third-order valence-corrected chi connectivity index (χ3v) is 9.31. The number of rotatable bonds is 8. The van der Waals surface area contributed by atoms with Crippen LogP contribution in [0, 0.1) is 0 Å². The molecule has 0 unspecified atom stereocenters. The summed E-state index contributed by atoms with van der Waals surface area (Å²) >= 11 is 0. The molecule has 1 heterocycles. The van der Waals surface area contributed by atoms with Gasteiger partial charge in [0.15, 0.2) is 0 Å². The number of aliphatic carboxylic acids is 4. The Hall–Kier alpha value is -7.00. The first-order valence-electron chi connectivity index (χ1n) is 18.6. The van der Waals surface area contributed by atoms with E-state index < -0.39 is 99.9 Å². The molecule has 0 spiro atoms. The summed E-state index contributed by atoms with van der Waals surface area (Å²) in [7, 11) is 0. The molecule has 60 heavy (non-hydrogen) atoms. The number of carbonyl (C=O) groups excluding carboxylic acids is 4. The number of amides is 4. The van der Waals surface area contributed by atoms with E-state index in [4.69, 9.17) is 0 Å². The first-order valence-corrected chi connectivity index (χ1v) is 18.6. The fourth-order valence-corrected chi connectivity index (χ4v) is 6.81. The fourth-order valence-electron chi connectivity index (χ4n) is 6.81. The number of nitrogens with zero attached hydrogens (tertiary/aromatic N) is 4. The van der Waals surface area contributed by atoms with Crippen LogP contribution in [0.15, 0.2) is 72.8 Å². The maximum atomic E-state index is 13.4. The Morgan fingerprint density at radius 2 is 0.583 bits per heavy atom. The van der Waals surface area contributed by atoms with Gasteiger partial charge in [0.05, 0.1) is 52.4 Å². The molecule has 0 atom stereocenters. The van der Waals surface area contributed by atoms with Crippen molar-refractivity contribution in [3.05, 3.63) is 72.8 Å². The highest BCUT2D eigenvalue weighted by atomic mass is 16.4. The molecule has 8 bridgehead atoms. The Kier molecular flexibility index (Phi) is 15.2. The summed E-state index contributed by atoms with van der Waals surface area (Å²) in [6.07, 6.45) is 0. The van der Waals surface area contributed by atoms with E-state index in [2.05, 4.69) is 21.3 Å². The molecule has 4 aromatic rings. The van der Waals surface area contributed by atoms with Crippen LogP contribution in [0.5, 0.6) is 0 Å². The monoisotopic (exact) mass is 828 g/mol. The minimum Gasteiger partial charge on any atom is -0.480 e. The zero-order valence-electron chi connectivity index (χ0n) is 32.3. The first kappa shape index (κ1) is 44.1. The molecule has 0 radical (unpaired) electrons. The van der Waals surface area contributed by atoms with Crippen LogP contribution in [0.2, 0.25) is 0 Å². The van der Waals surface area contributed by atoms with Crippen molar-refractivity contribution in [2.24, 2.45) is 0 Å². The SMILES string of the molecule is O=C(O)CN1CCN(CC(=O)O)CC(=O)Nc2cccc3c(cccc23)NC(=O)CN(CC(=O)O)CCN(CC(=O)O)CC(=O)Nc2cccc3c(cccc23)NC(=O)C1. The Morgan fingerprint density at radius 1 is 0.383 bits per heavy atom. The molecule has 1 aliphatic rings. The molecule has 1 aliphatic heterocycles. The lowest BCUT2D eigenvalue weighted by atomic mass is 10.1. The maximum absolute atomic E-state index is 13.4. The van der Waals surface area contributed by atoms with Crippen LogP contribution in [0.3, 0.4) is 0 Å². The second-order valence-corrected chi connectivity index (χ2v) is 14.0. The van der Waals surface area contributed by atoms with Crippen LogP contribution in [-0.2, 0) is 38.4 Å². The van der Waals surface area contributed by atoms with Crippen molar-refractivity contribution >= 4 is 91.8 Å². The summed E-state index contributed by atoms with van der Waals surface area (Å²) in [6.45, 7) is -4.36. The molecule has 4 amide bonds. The van der Waals surface area contributed by atoms with Gasteiger partial charge in [0.2, 0.25) is 23.6 Å². The zero-order chi connectivity index (χ0) is 43.3. The average molecular weight is 829 g/mol. The van der Waals surface area contributed by atoms with E-state index in [9.17, 15) is 58.8 Å². The van der Waals surface area contributed by atoms with Crippen molar-refractivity contribution in [2.45, 2.75) is 0 Å². The number of carboxylic acids is 4. The Morgan fingerprint density at radius 3 is 0.767 bits per heavy atom. The van der Waals surface area contributed by atoms with Crippen molar-refractivity contribution < 1.29 is 58.8 Å². The lowest BCUT2D eigenvalue weighted by Gasteiger charge is -2.26. The lowest BCUT2D eigenvalue weighted by molar-refractivity contribution is -0.140. The number of carboxylic acid groups (broad SMARTS) is 4. The average Bonchev–Trinajstić information content (AvgIpc) is 3.15. The largest absolute Gasteiger partial charge is 0.480 e. The normalized spacial score (nSPS) is 16.7. The summed E-state index contributed by atoms with van der Waals surface area (Å²) in [6, 6.07) is 19.7. The van der Waals surface area contributed by atoms with E-state index in [1.54, 1.807) is 72.8 Å². The van der Waals surface area contributed by atoms with Gasteiger partial charge in [-0.25, -0.2) is 0 Å². The molecular weight excluding hydrogens is 784 g/mol. The van der Waals surface area contributed by atoms with Crippen LogP contribution in [-0.4, -0.2) is 166 Å². The number of anilines is 4. The van der Waals surface area contributed by atoms with Gasteiger partial charge in [-0.05, 0) is 24.3 Å². The van der Waals surface area contributed by atoms with E-state index in [0.717, 1.165) is 0 Å². The highest BCUT2D eigenvalue weighted by Gasteiger charge is 2.23. The van der Waals surface area contributed by atoms with Crippen molar-refractivity contribution in [3.8, 4) is 0 Å². The molecule has 4 aromatic carbocycles. The number of nitrogens with one attached hydrogen (secondary N) is 4. The summed E-state index contributed by atoms with van der Waals surface area (Å²) in [5, 5.41) is 51.6. The highest BCUT2D eigenvalue weighted by Crippen LogP contribution is 2.31. The summed E-state index contributed by atoms with van der Waals surface area (Å²) in [5.74, 6) is -7.35. The molecular formula is C40H44N8O12. The molecule has 8 N–H and O–H groups in total. The predicted octanol–water partition coefficient (Wildman–Crippen LogP) is 1.01. The third kappa shape index (κ3) is 13.0. The lowest BCUT2D eigenvalue weighted by Crippen LogP contribution is -2.45. The quantitative estimate of drug-likeness (QED) is 0.123. The molecule has 316 valence electrons. The molecule has 0 aliphatic carbocycles. The van der Waals surface area contributed by atoms with Crippen molar-refractivity contribution in [3.63, 3.8) is 0 Å². The zero-order valence-corrected chi connectivity index (χ0v) is 32.3. The van der Waals surface area contributed by atoms with Crippen LogP contribution in [0.1, 0.15) is 0 Å². The first-order chi connectivity index (χ1) is 28.6. The van der Waals surface area contributed by atoms with Crippen molar-refractivity contribution in [2.75, 3.05) is 99.8 Å². The number of carbonyl (C=O) groups is 8. The molecule has 20 nitrogen and oxygen atoms in total. The van der Waals surface area contributed by atoms with Crippen LogP contribution in [0.25, 0.3) is 21.5 Å². The van der Waals surface area contributed by atoms with Crippen LogP contribution >= 0.6 is 0 Å². The van der Waals surface area contributed by atoms with Gasteiger partial charge in [-0.2, -0.15) is 0 Å². The molecule has 0 saturated heterocycles. The summed E-state index contributed by atoms with van der Waals surface area (Å²) in [5.41, 5.74) is 1.32. The van der Waals surface area contributed by atoms with Gasteiger partial charge in [0.25, 0.3) is 0 Å². The molecule has 0 fully saturated rings. The molecule has 0 saturated carbocycles. The topological polar surface area (TPSA) is 279 Å². The standard InChI is InChI=1S/C40H44N8O12/c49-33-17-45(21-37(53)54)13-14-47(23-39(57)58)19-35(51)43-31-11-3-8-28-27(31)7-4-12-32(28)44-36(52)20-48(24-40(59)60)16-15-46(22-38(55)56)18-34(50)42-30-10-2-6-26-25(30)5-1-9-29(26)41-33/h1-12H,13-24H2,(H,41,49)(H,42,50)(H,43,51)(H,44,52)(H,53,54)(H,55,56)(H,57,58)(H,59,60). The summed E-state index contributed by atoms with van der Waals surface area (Å²) in [4.78, 5) is 106. The second kappa shape index (κ2) is 20.6. The van der Waals surface area contributed by atoms with Gasteiger partial charge >= 0.3 is 23.9 Å². The fraction of sp³-hybridized carbons (Fsp3) is 0.300. The van der Waals surface area contributed by atoms with Gasteiger partial charge in [0, 0.05) is 70.5 Å². The van der Waals surface area contributed by atoms with Gasteiger partial charge in [0.1, 0.15) is 0 Å². The Labute approximate surface area is 342 Å². The van der Waals surface area contributed by atoms with E-state index in [1.807, 2.05) is 0 Å². The van der Waals surface area contributed by atoms with Crippen LogP contribution in [0.4, 0.5) is 22.7 Å². The molecule has 20 heteroatoms.